The molecule has 3 N–H and O–H groups in total. The summed E-state index contributed by atoms with van der Waals surface area (Å²) in [5, 5.41) is 3.16. The molecule has 1 aliphatic heterocycles. The lowest BCUT2D eigenvalue weighted by Crippen LogP contribution is -2.38. The molecule has 1 aliphatic rings. The van der Waals surface area contributed by atoms with Crippen LogP contribution in [0.25, 0.3) is 0 Å². The molecule has 2 aromatic rings. The van der Waals surface area contributed by atoms with E-state index in [-0.39, 0.29) is 5.25 Å². The van der Waals surface area contributed by atoms with Crippen molar-refractivity contribution in [1.82, 2.24) is 5.32 Å². The van der Waals surface area contributed by atoms with E-state index >= 15 is 0 Å². The van der Waals surface area contributed by atoms with Crippen molar-refractivity contribution < 1.29 is 9.11 Å². The van der Waals surface area contributed by atoms with Crippen LogP contribution >= 0.6 is 10.8 Å². The average molecular weight is 346 g/mol. The maximum Gasteiger partial charge on any atom is 0.0733 e. The lowest BCUT2D eigenvalue weighted by Gasteiger charge is -2.53. The van der Waals surface area contributed by atoms with Crippen molar-refractivity contribution in [2.75, 3.05) is 17.4 Å². The molecule has 0 aliphatic carbocycles. The minimum Gasteiger partial charge on any atom is -0.317 e. The number of fused-ring (bicyclic) bond motifs is 1. The van der Waals surface area contributed by atoms with Crippen LogP contribution in [0, 0.1) is 0 Å². The summed E-state index contributed by atoms with van der Waals surface area (Å²) >= 11 is 0. The summed E-state index contributed by atoms with van der Waals surface area (Å²) in [6.07, 6.45) is 2.46. The predicted octanol–water partition coefficient (Wildman–Crippen LogP) is 4.80. The Morgan fingerprint density at radius 3 is 2.54 bits per heavy atom. The SMILES string of the molecule is CCNCCCC1Cc2ccccc2N(c2ccccc2)S1(O)O. The van der Waals surface area contributed by atoms with E-state index in [2.05, 4.69) is 18.3 Å². The highest BCUT2D eigenvalue weighted by Crippen LogP contribution is 2.60. The summed E-state index contributed by atoms with van der Waals surface area (Å²) in [4.78, 5) is 0. The van der Waals surface area contributed by atoms with E-state index in [1.54, 1.807) is 4.31 Å². The highest BCUT2D eigenvalue weighted by Gasteiger charge is 2.38. The molecule has 0 saturated carbocycles. The van der Waals surface area contributed by atoms with Gasteiger partial charge in [0.25, 0.3) is 0 Å². The van der Waals surface area contributed by atoms with Gasteiger partial charge in [-0.25, -0.2) is 4.31 Å². The number of anilines is 2. The number of nitrogens with zero attached hydrogens (tertiary/aromatic N) is 1. The highest BCUT2D eigenvalue weighted by atomic mass is 32.3. The molecule has 1 unspecified atom stereocenters. The fraction of sp³-hybridized carbons (Fsp3) is 0.368. The molecule has 1 atom stereocenters. The largest absolute Gasteiger partial charge is 0.317 e. The standard InChI is InChI=1S/C19H26N2O2S/c1-2-20-14-8-12-18-15-16-9-6-7-13-19(16)21(24(18,22)23)17-10-4-3-5-11-17/h3-7,9-11,13,18,20,22-23H,2,8,12,14-15H2,1H3. The van der Waals surface area contributed by atoms with Crippen molar-refractivity contribution in [3.63, 3.8) is 0 Å². The number of benzene rings is 2. The zero-order valence-electron chi connectivity index (χ0n) is 14.1. The van der Waals surface area contributed by atoms with E-state index in [0.29, 0.717) is 6.42 Å². The van der Waals surface area contributed by atoms with Crippen LogP contribution in [0.4, 0.5) is 11.4 Å². The summed E-state index contributed by atoms with van der Waals surface area (Å²) in [5.41, 5.74) is 2.92. The molecule has 5 heteroatoms. The van der Waals surface area contributed by atoms with Crippen molar-refractivity contribution in [2.45, 2.75) is 31.4 Å². The second-order valence-corrected chi connectivity index (χ2v) is 8.30. The zero-order valence-corrected chi connectivity index (χ0v) is 14.9. The number of nitrogens with one attached hydrogen (secondary N) is 1. The third-order valence-corrected chi connectivity index (χ3v) is 6.74. The minimum absolute atomic E-state index is 0.147. The van der Waals surface area contributed by atoms with Gasteiger partial charge in [0.2, 0.25) is 0 Å². The van der Waals surface area contributed by atoms with Crippen molar-refractivity contribution in [3.8, 4) is 0 Å². The van der Waals surface area contributed by atoms with Crippen LogP contribution in [-0.4, -0.2) is 27.4 Å². The molecule has 3 rings (SSSR count). The van der Waals surface area contributed by atoms with E-state index in [1.807, 2.05) is 48.5 Å². The molecule has 0 amide bonds. The van der Waals surface area contributed by atoms with Crippen LogP contribution in [0.2, 0.25) is 0 Å². The van der Waals surface area contributed by atoms with Crippen LogP contribution in [0.1, 0.15) is 25.3 Å². The molecule has 130 valence electrons. The van der Waals surface area contributed by atoms with Gasteiger partial charge < -0.3 is 5.32 Å². The summed E-state index contributed by atoms with van der Waals surface area (Å²) in [6, 6.07) is 17.7. The Labute approximate surface area is 146 Å². The van der Waals surface area contributed by atoms with Crippen molar-refractivity contribution >= 4 is 22.2 Å². The second-order valence-electron chi connectivity index (χ2n) is 6.14. The normalized spacial score (nSPS) is 20.5. The Morgan fingerprint density at radius 2 is 1.79 bits per heavy atom. The summed E-state index contributed by atoms with van der Waals surface area (Å²) in [5.74, 6) is 0. The van der Waals surface area contributed by atoms with Crippen molar-refractivity contribution in [3.05, 3.63) is 60.2 Å². The predicted molar refractivity (Wildman–Crippen MR) is 103 cm³/mol. The van der Waals surface area contributed by atoms with Crippen LogP contribution in [-0.2, 0) is 6.42 Å². The Bertz CT molecular complexity index is 663. The Morgan fingerprint density at radius 1 is 1.08 bits per heavy atom. The first-order valence-corrected chi connectivity index (χ1v) is 10.1. The van der Waals surface area contributed by atoms with E-state index in [0.717, 1.165) is 37.3 Å². The van der Waals surface area contributed by atoms with Gasteiger partial charge in [0.15, 0.2) is 0 Å². The monoisotopic (exact) mass is 346 g/mol. The van der Waals surface area contributed by atoms with E-state index in [1.165, 1.54) is 5.56 Å². The average Bonchev–Trinajstić information content (AvgIpc) is 2.59. The minimum atomic E-state index is -2.91. The van der Waals surface area contributed by atoms with E-state index < -0.39 is 10.8 Å². The highest BCUT2D eigenvalue weighted by molar-refractivity contribution is 8.26. The van der Waals surface area contributed by atoms with E-state index in [4.69, 9.17) is 0 Å². The fourth-order valence-electron chi connectivity index (χ4n) is 3.28. The first-order valence-electron chi connectivity index (χ1n) is 8.55. The maximum absolute atomic E-state index is 11.1. The molecule has 0 saturated heterocycles. The van der Waals surface area contributed by atoms with Crippen LogP contribution in [0.5, 0.6) is 0 Å². The third kappa shape index (κ3) is 3.44. The van der Waals surface area contributed by atoms with Gasteiger partial charge in [0.05, 0.1) is 16.6 Å². The first kappa shape index (κ1) is 17.3. The molecular weight excluding hydrogens is 320 g/mol. The second kappa shape index (κ2) is 7.57. The quantitative estimate of drug-likeness (QED) is 0.657. The third-order valence-electron chi connectivity index (χ3n) is 4.49. The number of para-hydroxylation sites is 2. The number of hydrogen-bond acceptors (Lipinski definition) is 4. The van der Waals surface area contributed by atoms with Crippen LogP contribution < -0.4 is 9.62 Å². The van der Waals surface area contributed by atoms with Gasteiger partial charge in [-0.1, -0.05) is 43.3 Å². The lowest BCUT2D eigenvalue weighted by molar-refractivity contribution is 0.454. The molecule has 0 fully saturated rings. The molecule has 2 aromatic carbocycles. The Kier molecular flexibility index (Phi) is 5.46. The fourth-order valence-corrected chi connectivity index (χ4v) is 5.37. The van der Waals surface area contributed by atoms with Crippen LogP contribution in [0.15, 0.2) is 54.6 Å². The molecule has 0 radical (unpaired) electrons. The maximum atomic E-state index is 11.1. The molecule has 0 aromatic heterocycles. The van der Waals surface area contributed by atoms with Gasteiger partial charge in [-0.3, -0.25) is 9.11 Å². The van der Waals surface area contributed by atoms with Gasteiger partial charge in [-0.05, 0) is 56.1 Å². The molecule has 0 bridgehead atoms. The van der Waals surface area contributed by atoms with E-state index in [9.17, 15) is 9.11 Å². The summed E-state index contributed by atoms with van der Waals surface area (Å²) in [7, 11) is -2.91. The van der Waals surface area contributed by atoms with Gasteiger partial charge in [0, 0.05) is 0 Å². The first-order chi connectivity index (χ1) is 11.6. The van der Waals surface area contributed by atoms with Crippen molar-refractivity contribution in [2.24, 2.45) is 0 Å². The number of rotatable bonds is 6. The lowest BCUT2D eigenvalue weighted by atomic mass is 10.0. The topological polar surface area (TPSA) is 55.7 Å². The molecule has 1 heterocycles. The van der Waals surface area contributed by atoms with Crippen molar-refractivity contribution in [1.29, 1.82) is 0 Å². The van der Waals surface area contributed by atoms with Gasteiger partial charge in [0.1, 0.15) is 0 Å². The number of hydrogen-bond donors (Lipinski definition) is 3. The van der Waals surface area contributed by atoms with Gasteiger partial charge >= 0.3 is 0 Å². The molecular formula is C19H26N2O2S. The summed E-state index contributed by atoms with van der Waals surface area (Å²) < 4.78 is 23.9. The molecule has 4 nitrogen and oxygen atoms in total. The van der Waals surface area contributed by atoms with Gasteiger partial charge in [-0.2, -0.15) is 0 Å². The Hall–Kier alpha value is -1.53. The Balaban J connectivity index is 1.93. The molecule has 0 spiro atoms. The smallest absolute Gasteiger partial charge is 0.0733 e. The van der Waals surface area contributed by atoms with Crippen LogP contribution in [0.3, 0.4) is 0 Å². The van der Waals surface area contributed by atoms with Gasteiger partial charge in [-0.15, -0.1) is 10.8 Å². The molecule has 24 heavy (non-hydrogen) atoms. The zero-order chi connectivity index (χ0) is 17.0. The summed E-state index contributed by atoms with van der Waals surface area (Å²) in [6.45, 7) is 3.94.